The van der Waals surface area contributed by atoms with E-state index >= 15 is 0 Å². The molecule has 0 atom stereocenters. The number of guanidine groups is 1. The first kappa shape index (κ1) is 20.1. The Bertz CT molecular complexity index is 784. The summed E-state index contributed by atoms with van der Waals surface area (Å²) in [4.78, 5) is 6.44. The second-order valence-electron chi connectivity index (χ2n) is 7.38. The molecule has 0 spiro atoms. The van der Waals surface area contributed by atoms with Crippen molar-refractivity contribution < 1.29 is 4.74 Å². The summed E-state index contributed by atoms with van der Waals surface area (Å²) < 4.78 is 5.57. The molecule has 0 fully saturated rings. The summed E-state index contributed by atoms with van der Waals surface area (Å²) in [7, 11) is 5.95. The van der Waals surface area contributed by atoms with Crippen LogP contribution in [0.3, 0.4) is 0 Å². The zero-order chi connectivity index (χ0) is 19.8. The Labute approximate surface area is 168 Å². The minimum absolute atomic E-state index is 0.813. The molecule has 3 rings (SSSR count). The van der Waals surface area contributed by atoms with Crippen molar-refractivity contribution in [3.63, 3.8) is 0 Å². The van der Waals surface area contributed by atoms with Crippen LogP contribution in [-0.4, -0.2) is 46.8 Å². The highest BCUT2D eigenvalue weighted by Gasteiger charge is 2.11. The van der Waals surface area contributed by atoms with Gasteiger partial charge in [0.2, 0.25) is 0 Å². The van der Waals surface area contributed by atoms with Gasteiger partial charge in [0.15, 0.2) is 5.96 Å². The Balaban J connectivity index is 1.34. The van der Waals surface area contributed by atoms with Crippen LogP contribution < -0.4 is 20.3 Å². The molecule has 5 heteroatoms. The van der Waals surface area contributed by atoms with E-state index in [1.807, 2.05) is 7.05 Å². The Morgan fingerprint density at radius 2 is 1.75 bits per heavy atom. The fraction of sp³-hybridized carbons (Fsp3) is 0.435. The molecule has 2 aromatic rings. The molecule has 0 aliphatic carbocycles. The Morgan fingerprint density at radius 3 is 2.50 bits per heavy atom. The summed E-state index contributed by atoms with van der Waals surface area (Å²) in [6.45, 7) is 2.59. The Kier molecular flexibility index (Phi) is 7.18. The van der Waals surface area contributed by atoms with Crippen molar-refractivity contribution in [3.05, 3.63) is 59.2 Å². The van der Waals surface area contributed by atoms with Gasteiger partial charge in [0.05, 0.1) is 6.61 Å². The van der Waals surface area contributed by atoms with Gasteiger partial charge in [-0.15, -0.1) is 0 Å². The van der Waals surface area contributed by atoms with E-state index in [-0.39, 0.29) is 0 Å². The number of anilines is 1. The lowest BCUT2D eigenvalue weighted by molar-refractivity contribution is 0.357. The van der Waals surface area contributed by atoms with Crippen molar-refractivity contribution >= 4 is 11.6 Å². The topological polar surface area (TPSA) is 48.9 Å². The average Bonchev–Trinajstić information content (AvgIpc) is 3.18. The number of benzene rings is 2. The SMILES string of the molecule is CN=C(NCCCc1ccc(N(C)C)cc1)NCCc1ccc2c(c1)CCO2. The zero-order valence-electron chi connectivity index (χ0n) is 17.3. The van der Waals surface area contributed by atoms with E-state index in [0.717, 1.165) is 57.1 Å². The fourth-order valence-corrected chi connectivity index (χ4v) is 3.40. The number of nitrogens with one attached hydrogen (secondary N) is 2. The van der Waals surface area contributed by atoms with Crippen molar-refractivity contribution in [2.24, 2.45) is 4.99 Å². The molecule has 1 aliphatic rings. The first-order valence-electron chi connectivity index (χ1n) is 10.1. The maximum atomic E-state index is 5.57. The standard InChI is InChI=1S/C23H32N4O/c1-24-23(25-14-4-5-18-6-9-21(10-7-18)27(2)3)26-15-12-19-8-11-22-20(17-19)13-16-28-22/h6-11,17H,4-5,12-16H2,1-3H3,(H2,24,25,26). The van der Waals surface area contributed by atoms with Crippen molar-refractivity contribution in [1.29, 1.82) is 0 Å². The van der Waals surface area contributed by atoms with Gasteiger partial charge >= 0.3 is 0 Å². The molecule has 5 nitrogen and oxygen atoms in total. The van der Waals surface area contributed by atoms with E-state index in [1.54, 1.807) is 0 Å². The van der Waals surface area contributed by atoms with Gasteiger partial charge in [-0.2, -0.15) is 0 Å². The number of hydrogen-bond donors (Lipinski definition) is 2. The molecule has 150 valence electrons. The zero-order valence-corrected chi connectivity index (χ0v) is 17.3. The van der Waals surface area contributed by atoms with Gasteiger partial charge < -0.3 is 20.3 Å². The fourth-order valence-electron chi connectivity index (χ4n) is 3.40. The van der Waals surface area contributed by atoms with Crippen molar-refractivity contribution in [1.82, 2.24) is 10.6 Å². The predicted octanol–water partition coefficient (Wildman–Crippen LogP) is 3.03. The first-order chi connectivity index (χ1) is 13.7. The third kappa shape index (κ3) is 5.65. The van der Waals surface area contributed by atoms with Crippen LogP contribution in [0.15, 0.2) is 47.5 Å². The summed E-state index contributed by atoms with van der Waals surface area (Å²) >= 11 is 0. The van der Waals surface area contributed by atoms with Gasteiger partial charge in [-0.1, -0.05) is 24.3 Å². The van der Waals surface area contributed by atoms with E-state index in [0.29, 0.717) is 0 Å². The molecule has 0 aromatic heterocycles. The van der Waals surface area contributed by atoms with Gasteiger partial charge in [0, 0.05) is 46.3 Å². The number of hydrogen-bond acceptors (Lipinski definition) is 3. The van der Waals surface area contributed by atoms with Crippen LogP contribution in [-0.2, 0) is 19.3 Å². The van der Waals surface area contributed by atoms with Crippen molar-refractivity contribution in [2.45, 2.75) is 25.7 Å². The van der Waals surface area contributed by atoms with Crippen LogP contribution in [0, 0.1) is 0 Å². The van der Waals surface area contributed by atoms with E-state index in [9.17, 15) is 0 Å². The first-order valence-corrected chi connectivity index (χ1v) is 10.1. The van der Waals surface area contributed by atoms with E-state index in [2.05, 4.69) is 77.1 Å². The third-order valence-corrected chi connectivity index (χ3v) is 5.07. The summed E-state index contributed by atoms with van der Waals surface area (Å²) in [6, 6.07) is 15.3. The number of aryl methyl sites for hydroxylation is 1. The lowest BCUT2D eigenvalue weighted by Crippen LogP contribution is -2.38. The molecular weight excluding hydrogens is 348 g/mol. The highest BCUT2D eigenvalue weighted by atomic mass is 16.5. The average molecular weight is 381 g/mol. The van der Waals surface area contributed by atoms with Gasteiger partial charge in [0.1, 0.15) is 5.75 Å². The van der Waals surface area contributed by atoms with Crippen LogP contribution in [0.1, 0.15) is 23.1 Å². The number of ether oxygens (including phenoxy) is 1. The quantitative estimate of drug-likeness (QED) is 0.420. The monoisotopic (exact) mass is 380 g/mol. The van der Waals surface area contributed by atoms with Crippen LogP contribution in [0.4, 0.5) is 5.69 Å². The minimum atomic E-state index is 0.813. The molecule has 28 heavy (non-hydrogen) atoms. The van der Waals surface area contributed by atoms with Gasteiger partial charge in [-0.3, -0.25) is 4.99 Å². The number of nitrogens with zero attached hydrogens (tertiary/aromatic N) is 2. The summed E-state index contributed by atoms with van der Waals surface area (Å²) in [6.07, 6.45) is 4.14. The van der Waals surface area contributed by atoms with Crippen LogP contribution in [0.5, 0.6) is 5.75 Å². The maximum absolute atomic E-state index is 5.57. The Morgan fingerprint density at radius 1 is 1.00 bits per heavy atom. The van der Waals surface area contributed by atoms with Crippen LogP contribution in [0.25, 0.3) is 0 Å². The lowest BCUT2D eigenvalue weighted by atomic mass is 10.1. The number of aliphatic imine (C=N–C) groups is 1. The van der Waals surface area contributed by atoms with Crippen molar-refractivity contribution in [3.8, 4) is 5.75 Å². The van der Waals surface area contributed by atoms with Crippen molar-refractivity contribution in [2.75, 3.05) is 45.7 Å². The van der Waals surface area contributed by atoms with E-state index in [1.165, 1.54) is 22.4 Å². The molecular formula is C23H32N4O. The van der Waals surface area contributed by atoms with E-state index in [4.69, 9.17) is 4.74 Å². The molecule has 0 saturated carbocycles. The predicted molar refractivity (Wildman–Crippen MR) is 118 cm³/mol. The summed E-state index contributed by atoms with van der Waals surface area (Å²) in [5.41, 5.74) is 5.28. The molecule has 1 aliphatic heterocycles. The van der Waals surface area contributed by atoms with Crippen LogP contribution >= 0.6 is 0 Å². The molecule has 2 N–H and O–H groups in total. The normalized spacial score (nSPS) is 13.0. The lowest BCUT2D eigenvalue weighted by Gasteiger charge is -2.13. The summed E-state index contributed by atoms with van der Waals surface area (Å²) in [5, 5.41) is 6.81. The summed E-state index contributed by atoms with van der Waals surface area (Å²) in [5.74, 6) is 1.91. The minimum Gasteiger partial charge on any atom is -0.493 e. The molecule has 0 bridgehead atoms. The van der Waals surface area contributed by atoms with Gasteiger partial charge in [-0.05, 0) is 54.2 Å². The molecule has 0 radical (unpaired) electrons. The number of fused-ring (bicyclic) bond motifs is 1. The highest BCUT2D eigenvalue weighted by Crippen LogP contribution is 2.25. The second-order valence-corrected chi connectivity index (χ2v) is 7.38. The van der Waals surface area contributed by atoms with E-state index < -0.39 is 0 Å². The van der Waals surface area contributed by atoms with Gasteiger partial charge in [-0.25, -0.2) is 0 Å². The highest BCUT2D eigenvalue weighted by molar-refractivity contribution is 5.79. The van der Waals surface area contributed by atoms with Gasteiger partial charge in [0.25, 0.3) is 0 Å². The number of rotatable bonds is 8. The largest absolute Gasteiger partial charge is 0.493 e. The third-order valence-electron chi connectivity index (χ3n) is 5.07. The molecule has 0 amide bonds. The maximum Gasteiger partial charge on any atom is 0.190 e. The van der Waals surface area contributed by atoms with Crippen LogP contribution in [0.2, 0.25) is 0 Å². The smallest absolute Gasteiger partial charge is 0.190 e. The molecule has 1 heterocycles. The second kappa shape index (κ2) is 10.0. The molecule has 2 aromatic carbocycles. The molecule has 0 unspecified atom stereocenters. The molecule has 0 saturated heterocycles. The Hall–Kier alpha value is -2.69.